The zero-order chi connectivity index (χ0) is 26.3. The number of nitrogens with zero attached hydrogens (tertiary/aromatic N) is 5. The molecule has 10 nitrogen and oxygen atoms in total. The van der Waals surface area contributed by atoms with E-state index in [2.05, 4.69) is 21.2 Å². The summed E-state index contributed by atoms with van der Waals surface area (Å²) in [4.78, 5) is 43.2. The van der Waals surface area contributed by atoms with E-state index in [1.165, 1.54) is 0 Å². The van der Waals surface area contributed by atoms with Gasteiger partial charge < -0.3 is 14.5 Å². The molecule has 37 heavy (non-hydrogen) atoms. The smallest absolute Gasteiger partial charge is 0.410 e. The van der Waals surface area contributed by atoms with Crippen molar-refractivity contribution in [1.82, 2.24) is 24.9 Å². The van der Waals surface area contributed by atoms with Gasteiger partial charge in [0.2, 0.25) is 11.8 Å². The molecule has 3 fully saturated rings. The molecule has 1 aromatic carbocycles. The number of hydrogen-bond acceptors (Lipinski definition) is 7. The minimum atomic E-state index is -0.471. The third kappa shape index (κ3) is 5.44. The Kier molecular flexibility index (Phi) is 6.87. The van der Waals surface area contributed by atoms with Crippen molar-refractivity contribution in [3.8, 4) is 0 Å². The van der Waals surface area contributed by atoms with E-state index in [0.717, 1.165) is 61.4 Å². The molecule has 3 aliphatic heterocycles. The number of hydrogen-bond donors (Lipinski definition) is 1. The topological polar surface area (TPSA) is 100 Å². The van der Waals surface area contributed by atoms with Crippen molar-refractivity contribution < 1.29 is 19.1 Å². The van der Waals surface area contributed by atoms with E-state index in [4.69, 9.17) is 9.84 Å². The fraction of sp³-hybridized carbons (Fsp3) is 0.630. The van der Waals surface area contributed by atoms with Crippen molar-refractivity contribution >= 4 is 34.5 Å². The van der Waals surface area contributed by atoms with Gasteiger partial charge in [-0.2, -0.15) is 5.10 Å². The molecule has 2 atom stereocenters. The van der Waals surface area contributed by atoms with Gasteiger partial charge in [0, 0.05) is 64.7 Å². The Morgan fingerprint density at radius 1 is 1.11 bits per heavy atom. The van der Waals surface area contributed by atoms with E-state index < -0.39 is 11.5 Å². The Bertz CT molecular complexity index is 1190. The summed E-state index contributed by atoms with van der Waals surface area (Å²) in [5.74, 6) is -0.320. The number of ether oxygens (including phenoxy) is 1. The zero-order valence-corrected chi connectivity index (χ0v) is 22.3. The Labute approximate surface area is 217 Å². The summed E-state index contributed by atoms with van der Waals surface area (Å²) in [5.41, 5.74) is 2.46. The minimum absolute atomic E-state index is 0.212. The number of rotatable bonds is 4. The second-order valence-electron chi connectivity index (χ2n) is 11.6. The van der Waals surface area contributed by atoms with Gasteiger partial charge in [-0.3, -0.25) is 24.5 Å². The van der Waals surface area contributed by atoms with Crippen molar-refractivity contribution in [2.45, 2.75) is 51.6 Å². The monoisotopic (exact) mass is 510 g/mol. The molecular formula is C27H38N6O4. The number of anilines is 1. The molecule has 2 aromatic rings. The summed E-state index contributed by atoms with van der Waals surface area (Å²) in [5, 5.41) is 8.19. The summed E-state index contributed by atoms with van der Waals surface area (Å²) in [6, 6.07) is 6.21. The van der Waals surface area contributed by atoms with Gasteiger partial charge in [-0.1, -0.05) is 12.1 Å². The number of benzene rings is 1. The Balaban J connectivity index is 1.22. The molecule has 3 saturated heterocycles. The lowest BCUT2D eigenvalue weighted by Gasteiger charge is -2.36. The van der Waals surface area contributed by atoms with Crippen molar-refractivity contribution in [3.05, 3.63) is 23.9 Å². The van der Waals surface area contributed by atoms with Crippen LogP contribution < -0.4 is 10.2 Å². The number of piperazine rings is 1. The van der Waals surface area contributed by atoms with E-state index in [0.29, 0.717) is 31.8 Å². The number of fused-ring (bicyclic) bond motifs is 1. The van der Waals surface area contributed by atoms with Crippen LogP contribution >= 0.6 is 0 Å². The van der Waals surface area contributed by atoms with E-state index in [1.54, 1.807) is 0 Å². The predicted octanol–water partition coefficient (Wildman–Crippen LogP) is 2.47. The number of imide groups is 1. The maximum atomic E-state index is 12.5. The highest BCUT2D eigenvalue weighted by molar-refractivity contribution is 6.03. The van der Waals surface area contributed by atoms with Crippen molar-refractivity contribution in [2.24, 2.45) is 13.0 Å². The molecule has 1 aromatic heterocycles. The molecule has 0 aliphatic carbocycles. The van der Waals surface area contributed by atoms with Crippen LogP contribution in [0.15, 0.2) is 18.2 Å². The largest absolute Gasteiger partial charge is 0.444 e. The molecular weight excluding hydrogens is 472 g/mol. The lowest BCUT2D eigenvalue weighted by Crippen LogP contribution is -2.51. The van der Waals surface area contributed by atoms with Crippen LogP contribution in [0.2, 0.25) is 0 Å². The zero-order valence-electron chi connectivity index (χ0n) is 22.3. The fourth-order valence-electron chi connectivity index (χ4n) is 5.82. The average molecular weight is 511 g/mol. The Hall–Kier alpha value is -3.14. The normalized spacial score (nSPS) is 23.6. The van der Waals surface area contributed by atoms with E-state index >= 15 is 0 Å². The molecule has 0 spiro atoms. The number of para-hydroxylation sites is 1. The molecule has 1 N–H and O–H groups in total. The molecule has 1 unspecified atom stereocenters. The maximum Gasteiger partial charge on any atom is 0.410 e. The highest BCUT2D eigenvalue weighted by Crippen LogP contribution is 2.36. The molecule has 4 heterocycles. The van der Waals surface area contributed by atoms with Crippen LogP contribution in [0.5, 0.6) is 0 Å². The highest BCUT2D eigenvalue weighted by Gasteiger charge is 2.34. The van der Waals surface area contributed by atoms with Gasteiger partial charge in [0.05, 0.1) is 22.8 Å². The number of aromatic nitrogens is 2. The van der Waals surface area contributed by atoms with Gasteiger partial charge in [-0.25, -0.2) is 4.79 Å². The quantitative estimate of drug-likeness (QED) is 0.631. The first-order valence-electron chi connectivity index (χ1n) is 13.3. The van der Waals surface area contributed by atoms with Crippen LogP contribution in [0.4, 0.5) is 10.5 Å². The molecule has 3 amide bonds. The Morgan fingerprint density at radius 3 is 2.57 bits per heavy atom. The van der Waals surface area contributed by atoms with Crippen LogP contribution in [0.3, 0.4) is 0 Å². The standard InChI is InChI=1S/C27H38N6O4/c1-27(2,3)37-26(36)32-14-12-31(13-15-32)16-18-10-11-33(17-18)21-7-5-6-19-23(29-30(4)24(19)21)20-8-9-22(34)28-25(20)35/h5-7,18,20H,8-17H2,1-4H3,(H,28,34,35)/t18-,20?/m0/s1. The molecule has 0 bridgehead atoms. The molecule has 200 valence electrons. The van der Waals surface area contributed by atoms with Crippen LogP contribution in [0.25, 0.3) is 10.9 Å². The number of piperidine rings is 1. The summed E-state index contributed by atoms with van der Waals surface area (Å²) in [6.45, 7) is 11.8. The third-order valence-electron chi connectivity index (χ3n) is 7.61. The number of amides is 3. The molecule has 10 heteroatoms. The first kappa shape index (κ1) is 25.5. The van der Waals surface area contributed by atoms with Crippen LogP contribution in [-0.4, -0.2) is 88.9 Å². The van der Waals surface area contributed by atoms with Gasteiger partial charge in [-0.15, -0.1) is 0 Å². The SMILES string of the molecule is Cn1nc(C2CCC(=O)NC2=O)c2cccc(N3CC[C@@H](CN4CCN(C(=O)OC(C)(C)C)CC4)C3)c21. The first-order valence-corrected chi connectivity index (χ1v) is 13.3. The van der Waals surface area contributed by atoms with Crippen LogP contribution in [0.1, 0.15) is 51.6 Å². The summed E-state index contributed by atoms with van der Waals surface area (Å²) in [6.07, 6.45) is 1.72. The van der Waals surface area contributed by atoms with E-state index in [1.807, 2.05) is 49.5 Å². The second-order valence-corrected chi connectivity index (χ2v) is 11.6. The molecule has 0 saturated carbocycles. The lowest BCUT2D eigenvalue weighted by molar-refractivity contribution is -0.134. The second kappa shape index (κ2) is 9.96. The van der Waals surface area contributed by atoms with Crippen molar-refractivity contribution in [2.75, 3.05) is 50.7 Å². The van der Waals surface area contributed by atoms with Gasteiger partial charge in [0.15, 0.2) is 0 Å². The van der Waals surface area contributed by atoms with Crippen LogP contribution in [0, 0.1) is 5.92 Å². The number of nitrogens with one attached hydrogen (secondary N) is 1. The molecule has 0 radical (unpaired) electrons. The number of aryl methyl sites for hydroxylation is 1. The van der Waals surface area contributed by atoms with Gasteiger partial charge in [0.1, 0.15) is 5.60 Å². The van der Waals surface area contributed by atoms with Gasteiger partial charge >= 0.3 is 6.09 Å². The number of carbonyl (C=O) groups excluding carboxylic acids is 3. The third-order valence-corrected chi connectivity index (χ3v) is 7.61. The minimum Gasteiger partial charge on any atom is -0.444 e. The average Bonchev–Trinajstić information content (AvgIpc) is 3.43. The summed E-state index contributed by atoms with van der Waals surface area (Å²) < 4.78 is 7.40. The molecule has 5 rings (SSSR count). The van der Waals surface area contributed by atoms with Crippen molar-refractivity contribution in [3.63, 3.8) is 0 Å². The van der Waals surface area contributed by atoms with Crippen molar-refractivity contribution in [1.29, 1.82) is 0 Å². The van der Waals surface area contributed by atoms with E-state index in [-0.39, 0.29) is 17.9 Å². The number of carbonyl (C=O) groups is 3. The summed E-state index contributed by atoms with van der Waals surface area (Å²) >= 11 is 0. The fourth-order valence-corrected chi connectivity index (χ4v) is 5.82. The predicted molar refractivity (Wildman–Crippen MR) is 140 cm³/mol. The summed E-state index contributed by atoms with van der Waals surface area (Å²) in [7, 11) is 1.93. The van der Waals surface area contributed by atoms with Gasteiger partial charge in [-0.05, 0) is 45.6 Å². The highest BCUT2D eigenvalue weighted by atomic mass is 16.6. The van der Waals surface area contributed by atoms with E-state index in [9.17, 15) is 14.4 Å². The maximum absolute atomic E-state index is 12.5. The molecule has 3 aliphatic rings. The first-order chi connectivity index (χ1) is 17.6. The lowest BCUT2D eigenvalue weighted by atomic mass is 9.92. The van der Waals surface area contributed by atoms with Crippen LogP contribution in [-0.2, 0) is 21.4 Å². The Morgan fingerprint density at radius 2 is 1.86 bits per heavy atom. The van der Waals surface area contributed by atoms with Gasteiger partial charge in [0.25, 0.3) is 0 Å².